The maximum Gasteiger partial charge on any atom is 0.134 e. The smallest absolute Gasteiger partial charge is 0.134 e. The lowest BCUT2D eigenvalue weighted by Gasteiger charge is -2.13. The van der Waals surface area contributed by atoms with Gasteiger partial charge in [-0.3, -0.25) is 4.98 Å². The zero-order valence-corrected chi connectivity index (χ0v) is 15.7. The number of rotatable bonds is 5. The van der Waals surface area contributed by atoms with E-state index in [1.807, 2.05) is 60.7 Å². The molecule has 0 unspecified atom stereocenters. The molecule has 28 heavy (non-hydrogen) atoms. The number of nitrogens with zero attached hydrogens (tertiary/aromatic N) is 1. The third-order valence-electron chi connectivity index (χ3n) is 4.50. The van der Waals surface area contributed by atoms with Gasteiger partial charge in [-0.2, -0.15) is 0 Å². The molecule has 0 fully saturated rings. The number of hydrogen-bond donors (Lipinski definition) is 0. The van der Waals surface area contributed by atoms with Crippen molar-refractivity contribution in [2.45, 2.75) is 6.61 Å². The molecule has 1 heterocycles. The van der Waals surface area contributed by atoms with Crippen molar-refractivity contribution in [1.82, 2.24) is 4.98 Å². The Labute approximate surface area is 168 Å². The molecule has 0 saturated heterocycles. The summed E-state index contributed by atoms with van der Waals surface area (Å²) >= 11 is 6.29. The Morgan fingerprint density at radius 3 is 2.39 bits per heavy atom. The van der Waals surface area contributed by atoms with Gasteiger partial charge >= 0.3 is 0 Å². The van der Waals surface area contributed by atoms with Crippen LogP contribution in [0.15, 0.2) is 91.3 Å². The lowest BCUT2D eigenvalue weighted by Crippen LogP contribution is -1.99. The summed E-state index contributed by atoms with van der Waals surface area (Å²) < 4.78 is 20.4. The number of ether oxygens (including phenoxy) is 1. The lowest BCUT2D eigenvalue weighted by atomic mass is 10.0. The Hall–Kier alpha value is -3.17. The minimum absolute atomic E-state index is 0.305. The normalized spacial score (nSPS) is 10.6. The molecule has 0 aliphatic heterocycles. The van der Waals surface area contributed by atoms with Gasteiger partial charge < -0.3 is 4.74 Å². The van der Waals surface area contributed by atoms with E-state index in [2.05, 4.69) is 4.98 Å². The highest BCUT2D eigenvalue weighted by Crippen LogP contribution is 2.31. The average Bonchev–Trinajstić information content (AvgIpc) is 2.74. The van der Waals surface area contributed by atoms with E-state index in [0.29, 0.717) is 22.9 Å². The zero-order chi connectivity index (χ0) is 19.3. The minimum atomic E-state index is -0.311. The van der Waals surface area contributed by atoms with E-state index < -0.39 is 0 Å². The van der Waals surface area contributed by atoms with Crippen molar-refractivity contribution in [3.8, 4) is 28.0 Å². The Morgan fingerprint density at radius 1 is 0.821 bits per heavy atom. The maximum absolute atomic E-state index is 14.6. The van der Waals surface area contributed by atoms with Gasteiger partial charge in [0.15, 0.2) is 0 Å². The van der Waals surface area contributed by atoms with Crippen LogP contribution in [0.3, 0.4) is 0 Å². The van der Waals surface area contributed by atoms with Crippen molar-refractivity contribution in [3.05, 3.63) is 108 Å². The Morgan fingerprint density at radius 2 is 1.61 bits per heavy atom. The van der Waals surface area contributed by atoms with E-state index in [0.717, 1.165) is 22.3 Å². The van der Waals surface area contributed by atoms with E-state index >= 15 is 0 Å². The summed E-state index contributed by atoms with van der Waals surface area (Å²) in [6.07, 6.45) is 3.32. The van der Waals surface area contributed by atoms with Gasteiger partial charge in [0.2, 0.25) is 0 Å². The molecule has 0 spiro atoms. The van der Waals surface area contributed by atoms with Crippen LogP contribution in [0.25, 0.3) is 22.3 Å². The van der Waals surface area contributed by atoms with E-state index in [1.165, 1.54) is 6.07 Å². The van der Waals surface area contributed by atoms with Crippen molar-refractivity contribution in [2.24, 2.45) is 0 Å². The van der Waals surface area contributed by atoms with E-state index in [9.17, 15) is 4.39 Å². The van der Waals surface area contributed by atoms with Crippen LogP contribution in [0, 0.1) is 5.82 Å². The molecule has 3 aromatic carbocycles. The van der Waals surface area contributed by atoms with E-state index in [1.54, 1.807) is 24.5 Å². The second kappa shape index (κ2) is 8.24. The maximum atomic E-state index is 14.6. The fourth-order valence-corrected chi connectivity index (χ4v) is 3.32. The fourth-order valence-electron chi connectivity index (χ4n) is 3.10. The van der Waals surface area contributed by atoms with Gasteiger partial charge in [0, 0.05) is 29.6 Å². The molecule has 4 rings (SSSR count). The SMILES string of the molecule is Fc1cc(OCc2ccccc2-c2ccncc2Cl)ccc1-c1ccccc1. The zero-order valence-electron chi connectivity index (χ0n) is 15.0. The van der Waals surface area contributed by atoms with Crippen LogP contribution in [0.4, 0.5) is 4.39 Å². The summed E-state index contributed by atoms with van der Waals surface area (Å²) in [5.41, 5.74) is 4.21. The second-order valence-corrected chi connectivity index (χ2v) is 6.72. The van der Waals surface area contributed by atoms with Crippen molar-refractivity contribution >= 4 is 11.6 Å². The Balaban J connectivity index is 1.56. The number of pyridine rings is 1. The molecule has 0 saturated carbocycles. The van der Waals surface area contributed by atoms with Crippen molar-refractivity contribution < 1.29 is 9.13 Å². The summed E-state index contributed by atoms with van der Waals surface area (Å²) in [5.74, 6) is 0.168. The van der Waals surface area contributed by atoms with Crippen LogP contribution >= 0.6 is 11.6 Å². The van der Waals surface area contributed by atoms with Gasteiger partial charge in [0.05, 0.1) is 5.02 Å². The Kier molecular flexibility index (Phi) is 5.36. The first-order valence-electron chi connectivity index (χ1n) is 8.88. The molecule has 0 amide bonds. The van der Waals surface area contributed by atoms with Crippen molar-refractivity contribution in [2.75, 3.05) is 0 Å². The molecule has 0 bridgehead atoms. The number of aromatic nitrogens is 1. The molecule has 0 aliphatic carbocycles. The van der Waals surface area contributed by atoms with Crippen LogP contribution < -0.4 is 4.74 Å². The number of hydrogen-bond acceptors (Lipinski definition) is 2. The van der Waals surface area contributed by atoms with E-state index in [-0.39, 0.29) is 5.82 Å². The highest BCUT2D eigenvalue weighted by molar-refractivity contribution is 6.33. The molecule has 4 aromatic rings. The van der Waals surface area contributed by atoms with Crippen LogP contribution in [0.2, 0.25) is 5.02 Å². The molecule has 2 nitrogen and oxygen atoms in total. The molecule has 138 valence electrons. The standard InChI is InChI=1S/C24H17ClFNO/c25-23-15-27-13-12-22(23)20-9-5-4-8-18(20)16-28-19-10-11-21(24(26)14-19)17-6-2-1-3-7-17/h1-15H,16H2. The molecule has 0 atom stereocenters. The van der Waals surface area contributed by atoms with Gasteiger partial charge in [0.1, 0.15) is 18.2 Å². The predicted octanol–water partition coefficient (Wildman–Crippen LogP) is 6.79. The summed E-state index contributed by atoms with van der Waals surface area (Å²) in [4.78, 5) is 4.03. The summed E-state index contributed by atoms with van der Waals surface area (Å²) in [6, 6.07) is 24.1. The van der Waals surface area contributed by atoms with Gasteiger partial charge in [-0.1, -0.05) is 66.2 Å². The van der Waals surface area contributed by atoms with Gasteiger partial charge in [-0.15, -0.1) is 0 Å². The van der Waals surface area contributed by atoms with Crippen molar-refractivity contribution in [3.63, 3.8) is 0 Å². The molecule has 4 heteroatoms. The quantitative estimate of drug-likeness (QED) is 0.375. The first-order chi connectivity index (χ1) is 13.7. The fraction of sp³-hybridized carbons (Fsp3) is 0.0417. The molecule has 0 N–H and O–H groups in total. The van der Waals surface area contributed by atoms with Crippen LogP contribution in [-0.4, -0.2) is 4.98 Å². The minimum Gasteiger partial charge on any atom is -0.489 e. The molecular formula is C24H17ClFNO. The van der Waals surface area contributed by atoms with Gasteiger partial charge in [-0.05, 0) is 34.9 Å². The van der Waals surface area contributed by atoms with Crippen molar-refractivity contribution in [1.29, 1.82) is 0 Å². The first-order valence-corrected chi connectivity index (χ1v) is 9.26. The summed E-state index contributed by atoms with van der Waals surface area (Å²) in [6.45, 7) is 0.305. The largest absolute Gasteiger partial charge is 0.489 e. The summed E-state index contributed by atoms with van der Waals surface area (Å²) in [7, 11) is 0. The molecule has 0 aliphatic rings. The molecule has 1 aromatic heterocycles. The molecule has 0 radical (unpaired) electrons. The first kappa shape index (κ1) is 18.2. The average molecular weight is 390 g/mol. The van der Waals surface area contributed by atoms with E-state index in [4.69, 9.17) is 16.3 Å². The number of benzene rings is 3. The Bertz CT molecular complexity index is 1100. The lowest BCUT2D eigenvalue weighted by molar-refractivity contribution is 0.305. The summed E-state index contributed by atoms with van der Waals surface area (Å²) in [5, 5.41) is 0.577. The monoisotopic (exact) mass is 389 g/mol. The topological polar surface area (TPSA) is 22.1 Å². The second-order valence-electron chi connectivity index (χ2n) is 6.31. The molecular weight excluding hydrogens is 373 g/mol. The van der Waals surface area contributed by atoms with Crippen LogP contribution in [-0.2, 0) is 6.61 Å². The van der Waals surface area contributed by atoms with Gasteiger partial charge in [0.25, 0.3) is 0 Å². The number of halogens is 2. The predicted molar refractivity (Wildman–Crippen MR) is 111 cm³/mol. The van der Waals surface area contributed by atoms with Crippen LogP contribution in [0.1, 0.15) is 5.56 Å². The third kappa shape index (κ3) is 3.90. The highest BCUT2D eigenvalue weighted by Gasteiger charge is 2.10. The highest BCUT2D eigenvalue weighted by atomic mass is 35.5. The van der Waals surface area contributed by atoms with Gasteiger partial charge in [-0.25, -0.2) is 4.39 Å². The van der Waals surface area contributed by atoms with Crippen LogP contribution in [0.5, 0.6) is 5.75 Å². The third-order valence-corrected chi connectivity index (χ3v) is 4.80.